The Bertz CT molecular complexity index is 733. The number of nitriles is 1. The summed E-state index contributed by atoms with van der Waals surface area (Å²) in [6.07, 6.45) is 5.32. The normalized spacial score (nSPS) is 10.8. The average molecular weight is 296 g/mol. The molecule has 1 aromatic carbocycles. The van der Waals surface area contributed by atoms with Gasteiger partial charge in [0.2, 0.25) is 0 Å². The van der Waals surface area contributed by atoms with E-state index in [9.17, 15) is 4.79 Å². The molecule has 0 N–H and O–H groups in total. The van der Waals surface area contributed by atoms with Crippen LogP contribution in [0.3, 0.4) is 0 Å². The van der Waals surface area contributed by atoms with Crippen LogP contribution in [0.4, 0.5) is 0 Å². The molecule has 0 fully saturated rings. The fourth-order valence-electron chi connectivity index (χ4n) is 2.02. The first kappa shape index (κ1) is 15.1. The van der Waals surface area contributed by atoms with Crippen molar-refractivity contribution in [1.82, 2.24) is 4.57 Å². The van der Waals surface area contributed by atoms with Crippen molar-refractivity contribution >= 4 is 23.6 Å². The van der Waals surface area contributed by atoms with E-state index in [-0.39, 0.29) is 5.78 Å². The minimum atomic E-state index is -0.0376. The molecular formula is C17H16N2OS. The number of hydrogen-bond acceptors (Lipinski definition) is 3. The predicted molar refractivity (Wildman–Crippen MR) is 86.5 cm³/mol. The van der Waals surface area contributed by atoms with Gasteiger partial charge in [-0.15, -0.1) is 11.8 Å². The van der Waals surface area contributed by atoms with E-state index in [1.54, 1.807) is 30.0 Å². The van der Waals surface area contributed by atoms with Crippen LogP contribution in [0, 0.1) is 18.3 Å². The second-order valence-electron chi connectivity index (χ2n) is 4.67. The molecule has 0 radical (unpaired) electrons. The van der Waals surface area contributed by atoms with Gasteiger partial charge in [0.05, 0.1) is 0 Å². The molecular weight excluding hydrogens is 280 g/mol. The summed E-state index contributed by atoms with van der Waals surface area (Å²) in [5.74, 6) is -0.0376. The van der Waals surface area contributed by atoms with Gasteiger partial charge in [0.25, 0.3) is 0 Å². The van der Waals surface area contributed by atoms with Gasteiger partial charge in [-0.05, 0) is 61.2 Å². The van der Waals surface area contributed by atoms with Crippen molar-refractivity contribution in [3.05, 3.63) is 58.9 Å². The molecule has 1 heterocycles. The third kappa shape index (κ3) is 3.26. The Morgan fingerprint density at radius 2 is 2.00 bits per heavy atom. The fraction of sp³-hybridized carbons (Fsp3) is 0.176. The van der Waals surface area contributed by atoms with Gasteiger partial charge in [-0.1, -0.05) is 0 Å². The third-order valence-electron chi connectivity index (χ3n) is 3.48. The molecule has 0 unspecified atom stereocenters. The Morgan fingerprint density at radius 1 is 1.33 bits per heavy atom. The molecule has 0 atom stereocenters. The summed E-state index contributed by atoms with van der Waals surface area (Å²) in [4.78, 5) is 13.3. The second kappa shape index (κ2) is 6.47. The van der Waals surface area contributed by atoms with Crippen molar-refractivity contribution in [2.24, 2.45) is 7.05 Å². The van der Waals surface area contributed by atoms with Crippen molar-refractivity contribution in [3.63, 3.8) is 0 Å². The van der Waals surface area contributed by atoms with Crippen molar-refractivity contribution in [3.8, 4) is 6.07 Å². The highest BCUT2D eigenvalue weighted by molar-refractivity contribution is 7.98. The van der Waals surface area contributed by atoms with Crippen LogP contribution in [-0.4, -0.2) is 16.6 Å². The maximum atomic E-state index is 12.1. The first-order valence-electron chi connectivity index (χ1n) is 6.49. The number of carbonyl (C=O) groups excluding carboxylic acids is 1. The molecule has 0 spiro atoms. The molecule has 0 aliphatic rings. The van der Waals surface area contributed by atoms with Crippen molar-refractivity contribution in [2.45, 2.75) is 11.8 Å². The number of carbonyl (C=O) groups is 1. The highest BCUT2D eigenvalue weighted by Gasteiger charge is 2.07. The molecule has 3 nitrogen and oxygen atoms in total. The number of ketones is 1. The number of rotatable bonds is 4. The van der Waals surface area contributed by atoms with E-state index in [1.807, 2.05) is 49.1 Å². The van der Waals surface area contributed by atoms with Crippen LogP contribution in [-0.2, 0) is 7.05 Å². The van der Waals surface area contributed by atoms with Crippen LogP contribution in [0.25, 0.3) is 6.08 Å². The molecule has 0 aliphatic carbocycles. The Labute approximate surface area is 128 Å². The summed E-state index contributed by atoms with van der Waals surface area (Å²) in [5.41, 5.74) is 3.11. The van der Waals surface area contributed by atoms with E-state index in [0.29, 0.717) is 11.3 Å². The maximum absolute atomic E-state index is 12.1. The van der Waals surface area contributed by atoms with Crippen molar-refractivity contribution in [1.29, 1.82) is 5.26 Å². The summed E-state index contributed by atoms with van der Waals surface area (Å²) in [6, 6.07) is 11.5. The lowest BCUT2D eigenvalue weighted by atomic mass is 10.1. The Balaban J connectivity index is 2.20. The zero-order valence-electron chi connectivity index (χ0n) is 12.3. The number of aromatic nitrogens is 1. The summed E-state index contributed by atoms with van der Waals surface area (Å²) in [6.45, 7) is 1.93. The van der Waals surface area contributed by atoms with Gasteiger partial charge in [-0.3, -0.25) is 4.79 Å². The fourth-order valence-corrected chi connectivity index (χ4v) is 2.42. The van der Waals surface area contributed by atoms with Crippen LogP contribution in [0.5, 0.6) is 0 Å². The van der Waals surface area contributed by atoms with Gasteiger partial charge in [0, 0.05) is 23.2 Å². The zero-order chi connectivity index (χ0) is 15.4. The smallest absolute Gasteiger partial charge is 0.185 e. The number of thioether (sulfide) groups is 1. The second-order valence-corrected chi connectivity index (χ2v) is 5.55. The highest BCUT2D eigenvalue weighted by atomic mass is 32.2. The molecule has 4 heteroatoms. The highest BCUT2D eigenvalue weighted by Crippen LogP contribution is 2.17. The molecule has 2 aromatic rings. The van der Waals surface area contributed by atoms with E-state index in [0.717, 1.165) is 16.2 Å². The van der Waals surface area contributed by atoms with E-state index in [2.05, 4.69) is 6.07 Å². The van der Waals surface area contributed by atoms with Crippen LogP contribution in [0.15, 0.2) is 41.3 Å². The molecule has 106 valence electrons. The van der Waals surface area contributed by atoms with Crippen molar-refractivity contribution in [2.75, 3.05) is 6.26 Å². The van der Waals surface area contributed by atoms with E-state index in [1.165, 1.54) is 0 Å². The van der Waals surface area contributed by atoms with Crippen LogP contribution < -0.4 is 0 Å². The van der Waals surface area contributed by atoms with E-state index in [4.69, 9.17) is 5.26 Å². The quantitative estimate of drug-likeness (QED) is 0.489. The Morgan fingerprint density at radius 3 is 2.52 bits per heavy atom. The molecule has 21 heavy (non-hydrogen) atoms. The minimum Gasteiger partial charge on any atom is -0.339 e. The SMILES string of the molecule is CSc1ccc(C(=O)/C=C/c2cc(C#N)n(C)c2C)cc1. The van der Waals surface area contributed by atoms with Crippen LogP contribution >= 0.6 is 11.8 Å². The van der Waals surface area contributed by atoms with Gasteiger partial charge < -0.3 is 4.57 Å². The van der Waals surface area contributed by atoms with Crippen molar-refractivity contribution < 1.29 is 4.79 Å². The molecule has 0 amide bonds. The van der Waals surface area contributed by atoms with Gasteiger partial charge >= 0.3 is 0 Å². The first-order valence-corrected chi connectivity index (χ1v) is 7.72. The van der Waals surface area contributed by atoms with E-state index < -0.39 is 0 Å². The molecule has 1 aromatic heterocycles. The van der Waals surface area contributed by atoms with Crippen LogP contribution in [0.2, 0.25) is 0 Å². The predicted octanol–water partition coefficient (Wildman–Crippen LogP) is 3.82. The summed E-state index contributed by atoms with van der Waals surface area (Å²) < 4.78 is 1.82. The maximum Gasteiger partial charge on any atom is 0.185 e. The number of benzene rings is 1. The first-order chi connectivity index (χ1) is 10.1. The minimum absolute atomic E-state index is 0.0376. The number of allylic oxidation sites excluding steroid dienone is 1. The monoisotopic (exact) mass is 296 g/mol. The van der Waals surface area contributed by atoms with Gasteiger partial charge in [-0.2, -0.15) is 5.26 Å². The third-order valence-corrected chi connectivity index (χ3v) is 4.22. The largest absolute Gasteiger partial charge is 0.339 e. The standard InChI is InChI=1S/C17H16N2OS/c1-12-14(10-15(11-18)19(12)2)6-9-17(20)13-4-7-16(21-3)8-5-13/h4-10H,1-3H3/b9-6+. The topological polar surface area (TPSA) is 45.8 Å². The lowest BCUT2D eigenvalue weighted by molar-refractivity contribution is 0.104. The van der Waals surface area contributed by atoms with Gasteiger partial charge in [0.1, 0.15) is 11.8 Å². The van der Waals surface area contributed by atoms with Gasteiger partial charge in [-0.25, -0.2) is 0 Å². The Hall–Kier alpha value is -2.25. The average Bonchev–Trinajstić information content (AvgIpc) is 2.80. The van der Waals surface area contributed by atoms with Gasteiger partial charge in [0.15, 0.2) is 5.78 Å². The molecule has 0 saturated carbocycles. The summed E-state index contributed by atoms with van der Waals surface area (Å²) >= 11 is 1.65. The van der Waals surface area contributed by atoms with E-state index >= 15 is 0 Å². The lowest BCUT2D eigenvalue weighted by Crippen LogP contribution is -1.95. The molecule has 0 aliphatic heterocycles. The lowest BCUT2D eigenvalue weighted by Gasteiger charge is -1.99. The molecule has 2 rings (SSSR count). The summed E-state index contributed by atoms with van der Waals surface area (Å²) in [5, 5.41) is 9.00. The molecule has 0 saturated heterocycles. The zero-order valence-corrected chi connectivity index (χ0v) is 13.1. The summed E-state index contributed by atoms with van der Waals surface area (Å²) in [7, 11) is 1.84. The number of hydrogen-bond donors (Lipinski definition) is 0. The Kier molecular flexibility index (Phi) is 4.66. The number of nitrogens with zero attached hydrogens (tertiary/aromatic N) is 2. The molecule has 0 bridgehead atoms. The van der Waals surface area contributed by atoms with Crippen LogP contribution in [0.1, 0.15) is 27.3 Å².